The fourth-order valence-electron chi connectivity index (χ4n) is 1.11. The Morgan fingerprint density at radius 1 is 1.19 bits per heavy atom. The Morgan fingerprint density at radius 2 is 1.94 bits per heavy atom. The van der Waals surface area contributed by atoms with E-state index in [0.717, 1.165) is 10.6 Å². The molecule has 0 amide bonds. The second-order valence-electron chi connectivity index (χ2n) is 2.93. The molecule has 0 radical (unpaired) electrons. The van der Waals surface area contributed by atoms with E-state index in [1.807, 2.05) is 6.92 Å². The molecule has 82 valence electrons. The molecule has 0 aliphatic rings. The second-order valence-corrected chi connectivity index (χ2v) is 3.89. The number of nitrogens with two attached hydrogens (primary N) is 1. The fourth-order valence-corrected chi connectivity index (χ4v) is 1.86. The van der Waals surface area contributed by atoms with Crippen LogP contribution in [0.5, 0.6) is 0 Å². The van der Waals surface area contributed by atoms with Crippen molar-refractivity contribution in [2.45, 2.75) is 17.1 Å². The second kappa shape index (κ2) is 4.86. The van der Waals surface area contributed by atoms with Crippen molar-refractivity contribution < 1.29 is 0 Å². The van der Waals surface area contributed by atoms with Crippen LogP contribution in [0.25, 0.3) is 0 Å². The van der Waals surface area contributed by atoms with E-state index in [1.54, 1.807) is 18.5 Å². The molecule has 0 fully saturated rings. The van der Waals surface area contributed by atoms with Crippen molar-refractivity contribution in [1.29, 1.82) is 0 Å². The van der Waals surface area contributed by atoms with E-state index < -0.39 is 0 Å². The number of hydrogen-bond donors (Lipinski definition) is 2. The Balaban J connectivity index is 2.28. The van der Waals surface area contributed by atoms with Crippen LogP contribution in [0, 0.1) is 6.92 Å². The number of hydrogen-bond acceptors (Lipinski definition) is 7. The largest absolute Gasteiger partial charge is 0.308 e. The van der Waals surface area contributed by atoms with Gasteiger partial charge in [-0.2, -0.15) is 0 Å². The lowest BCUT2D eigenvalue weighted by atomic mass is 10.3. The molecule has 3 N–H and O–H groups in total. The van der Waals surface area contributed by atoms with Crippen molar-refractivity contribution in [1.82, 2.24) is 19.9 Å². The van der Waals surface area contributed by atoms with Gasteiger partial charge in [0.25, 0.3) is 0 Å². The first-order valence-corrected chi connectivity index (χ1v) is 5.36. The number of aromatic nitrogens is 4. The summed E-state index contributed by atoms with van der Waals surface area (Å²) in [5.74, 6) is 5.94. The highest BCUT2D eigenvalue weighted by atomic mass is 32.2. The predicted molar refractivity (Wildman–Crippen MR) is 60.7 cm³/mol. The van der Waals surface area contributed by atoms with Crippen LogP contribution in [0.1, 0.15) is 5.56 Å². The average molecular weight is 234 g/mol. The monoisotopic (exact) mass is 234 g/mol. The van der Waals surface area contributed by atoms with Gasteiger partial charge in [0.1, 0.15) is 17.2 Å². The molecular weight excluding hydrogens is 224 g/mol. The zero-order chi connectivity index (χ0) is 11.4. The van der Waals surface area contributed by atoms with Crippen LogP contribution in [-0.4, -0.2) is 19.9 Å². The van der Waals surface area contributed by atoms with E-state index in [9.17, 15) is 0 Å². The standard InChI is InChI=1S/C9H10N6S/c1-6-7(15-10)13-5-14-8(6)16-9-11-3-2-4-12-9/h2-5H,10H2,1H3,(H,13,14,15). The van der Waals surface area contributed by atoms with E-state index in [1.165, 1.54) is 18.1 Å². The minimum absolute atomic E-state index is 0.605. The molecule has 0 saturated heterocycles. The van der Waals surface area contributed by atoms with Gasteiger partial charge in [0, 0.05) is 18.0 Å². The maximum Gasteiger partial charge on any atom is 0.193 e. The van der Waals surface area contributed by atoms with E-state index in [4.69, 9.17) is 5.84 Å². The number of anilines is 1. The summed E-state index contributed by atoms with van der Waals surface area (Å²) in [5.41, 5.74) is 3.39. The van der Waals surface area contributed by atoms with Gasteiger partial charge in [-0.25, -0.2) is 25.8 Å². The van der Waals surface area contributed by atoms with Gasteiger partial charge in [0.05, 0.1) is 0 Å². The van der Waals surface area contributed by atoms with Gasteiger partial charge in [-0.15, -0.1) is 0 Å². The minimum Gasteiger partial charge on any atom is -0.308 e. The number of nitrogen functional groups attached to an aromatic ring is 1. The maximum atomic E-state index is 5.33. The molecule has 2 aromatic heterocycles. The summed E-state index contributed by atoms with van der Waals surface area (Å²) in [7, 11) is 0. The van der Waals surface area contributed by atoms with E-state index >= 15 is 0 Å². The third-order valence-electron chi connectivity index (χ3n) is 1.90. The average Bonchev–Trinajstić information content (AvgIpc) is 2.33. The van der Waals surface area contributed by atoms with Crippen LogP contribution in [0.3, 0.4) is 0 Å². The van der Waals surface area contributed by atoms with E-state index in [-0.39, 0.29) is 0 Å². The molecule has 16 heavy (non-hydrogen) atoms. The Hall–Kier alpha value is -1.73. The van der Waals surface area contributed by atoms with Crippen molar-refractivity contribution in [2.24, 2.45) is 5.84 Å². The SMILES string of the molecule is Cc1c(NN)ncnc1Sc1ncccn1. The van der Waals surface area contributed by atoms with Crippen molar-refractivity contribution in [3.05, 3.63) is 30.4 Å². The zero-order valence-electron chi connectivity index (χ0n) is 8.58. The van der Waals surface area contributed by atoms with Crippen LogP contribution < -0.4 is 11.3 Å². The van der Waals surface area contributed by atoms with Crippen LogP contribution >= 0.6 is 11.8 Å². The minimum atomic E-state index is 0.605. The highest BCUT2D eigenvalue weighted by Gasteiger charge is 2.08. The lowest BCUT2D eigenvalue weighted by Crippen LogP contribution is -2.10. The molecule has 2 heterocycles. The fraction of sp³-hybridized carbons (Fsp3) is 0.111. The van der Waals surface area contributed by atoms with Gasteiger partial charge in [0.15, 0.2) is 5.16 Å². The van der Waals surface area contributed by atoms with Crippen LogP contribution in [0.2, 0.25) is 0 Å². The van der Waals surface area contributed by atoms with Gasteiger partial charge < -0.3 is 5.43 Å². The van der Waals surface area contributed by atoms with E-state index in [0.29, 0.717) is 11.0 Å². The Kier molecular flexibility index (Phi) is 3.28. The molecule has 2 rings (SSSR count). The normalized spacial score (nSPS) is 10.1. The first-order valence-electron chi connectivity index (χ1n) is 4.54. The summed E-state index contributed by atoms with van der Waals surface area (Å²) in [5, 5.41) is 1.43. The maximum absolute atomic E-state index is 5.33. The van der Waals surface area contributed by atoms with Gasteiger partial charge in [0.2, 0.25) is 0 Å². The molecule has 2 aromatic rings. The predicted octanol–water partition coefficient (Wildman–Crippen LogP) is 1.01. The summed E-state index contributed by atoms with van der Waals surface area (Å²) < 4.78 is 0. The third-order valence-corrected chi connectivity index (χ3v) is 2.90. The molecule has 6 nitrogen and oxygen atoms in total. The topological polar surface area (TPSA) is 89.6 Å². The summed E-state index contributed by atoms with van der Waals surface area (Å²) in [4.78, 5) is 16.4. The van der Waals surface area contributed by atoms with Gasteiger partial charge in [-0.1, -0.05) is 0 Å². The van der Waals surface area contributed by atoms with E-state index in [2.05, 4.69) is 25.4 Å². The van der Waals surface area contributed by atoms with Crippen LogP contribution in [-0.2, 0) is 0 Å². The Labute approximate surface area is 96.7 Å². The third kappa shape index (κ3) is 2.26. The molecule has 0 saturated carbocycles. The number of rotatable bonds is 3. The molecule has 0 atom stereocenters. The number of nitrogens with one attached hydrogen (secondary N) is 1. The van der Waals surface area contributed by atoms with Crippen molar-refractivity contribution in [3.63, 3.8) is 0 Å². The lowest BCUT2D eigenvalue weighted by molar-refractivity contribution is 0.945. The van der Waals surface area contributed by atoms with Crippen molar-refractivity contribution in [3.8, 4) is 0 Å². The summed E-state index contributed by atoms with van der Waals surface area (Å²) in [6, 6.07) is 1.77. The molecule has 0 aromatic carbocycles. The first-order chi connectivity index (χ1) is 7.81. The molecular formula is C9H10N6S. The van der Waals surface area contributed by atoms with Gasteiger partial charge >= 0.3 is 0 Å². The zero-order valence-corrected chi connectivity index (χ0v) is 9.40. The highest BCUT2D eigenvalue weighted by Crippen LogP contribution is 2.27. The van der Waals surface area contributed by atoms with Gasteiger partial charge in [-0.05, 0) is 24.8 Å². The van der Waals surface area contributed by atoms with Crippen molar-refractivity contribution in [2.75, 3.05) is 5.43 Å². The lowest BCUT2D eigenvalue weighted by Gasteiger charge is -2.06. The molecule has 0 aliphatic carbocycles. The number of nitrogens with zero attached hydrogens (tertiary/aromatic N) is 4. The molecule has 0 unspecified atom stereocenters. The Bertz CT molecular complexity index is 475. The summed E-state index contributed by atoms with van der Waals surface area (Å²) >= 11 is 1.37. The van der Waals surface area contributed by atoms with Crippen molar-refractivity contribution >= 4 is 17.6 Å². The number of hydrazine groups is 1. The Morgan fingerprint density at radius 3 is 2.62 bits per heavy atom. The summed E-state index contributed by atoms with van der Waals surface area (Å²) in [6.45, 7) is 1.89. The first kappa shape index (κ1) is 10.8. The smallest absolute Gasteiger partial charge is 0.193 e. The molecule has 7 heteroatoms. The quantitative estimate of drug-likeness (QED) is 0.354. The summed E-state index contributed by atoms with van der Waals surface area (Å²) in [6.07, 6.45) is 4.83. The molecule has 0 bridgehead atoms. The highest BCUT2D eigenvalue weighted by molar-refractivity contribution is 7.99. The van der Waals surface area contributed by atoms with Crippen LogP contribution in [0.15, 0.2) is 35.0 Å². The molecule has 0 spiro atoms. The van der Waals surface area contributed by atoms with Gasteiger partial charge in [-0.3, -0.25) is 0 Å². The van der Waals surface area contributed by atoms with Crippen LogP contribution in [0.4, 0.5) is 5.82 Å². The molecule has 0 aliphatic heterocycles.